The van der Waals surface area contributed by atoms with E-state index in [2.05, 4.69) is 13.8 Å². The molecule has 2 heteroatoms. The van der Waals surface area contributed by atoms with E-state index >= 15 is 0 Å². The first kappa shape index (κ1) is 22.5. The lowest BCUT2D eigenvalue weighted by Gasteiger charge is -2.17. The number of aliphatic carboxylic acids is 1. The number of carbonyl (C=O) groups is 1. The molecule has 0 aromatic heterocycles. The summed E-state index contributed by atoms with van der Waals surface area (Å²) in [4.78, 5) is 10.5. The first-order valence-corrected chi connectivity index (χ1v) is 10.4. The zero-order valence-electron chi connectivity index (χ0n) is 16.0. The molecule has 0 aliphatic carbocycles. The molecule has 0 saturated carbocycles. The summed E-state index contributed by atoms with van der Waals surface area (Å²) in [7, 11) is 0. The third-order valence-corrected chi connectivity index (χ3v) is 4.93. The van der Waals surface area contributed by atoms with E-state index in [0.717, 1.165) is 18.8 Å². The Hall–Kier alpha value is -0.530. The molecule has 0 saturated heterocycles. The summed E-state index contributed by atoms with van der Waals surface area (Å²) in [6.07, 6.45) is 21.5. The van der Waals surface area contributed by atoms with Crippen LogP contribution in [-0.2, 0) is 4.79 Å². The third-order valence-electron chi connectivity index (χ3n) is 4.93. The molecule has 0 radical (unpaired) electrons. The van der Waals surface area contributed by atoms with E-state index in [1.165, 1.54) is 89.9 Å². The van der Waals surface area contributed by atoms with Gasteiger partial charge in [-0.25, -0.2) is 0 Å². The molecule has 0 aromatic carbocycles. The minimum absolute atomic E-state index is 0.346. The van der Waals surface area contributed by atoms with E-state index in [9.17, 15) is 4.79 Å². The predicted octanol–water partition coefficient (Wildman–Crippen LogP) is 7.36. The van der Waals surface area contributed by atoms with Crippen molar-refractivity contribution >= 4 is 5.97 Å². The minimum atomic E-state index is -0.645. The largest absolute Gasteiger partial charge is 0.481 e. The number of carboxylic acids is 1. The van der Waals surface area contributed by atoms with Crippen molar-refractivity contribution in [2.75, 3.05) is 0 Å². The molecule has 0 aliphatic rings. The monoisotopic (exact) mass is 326 g/mol. The van der Waals surface area contributed by atoms with Gasteiger partial charge in [-0.2, -0.15) is 0 Å². The number of hydrogen-bond acceptors (Lipinski definition) is 1. The molecule has 1 N–H and O–H groups in total. The Morgan fingerprint density at radius 3 is 1.52 bits per heavy atom. The Labute approximate surface area is 145 Å². The van der Waals surface area contributed by atoms with E-state index in [1.54, 1.807) is 0 Å². The van der Waals surface area contributed by atoms with Gasteiger partial charge in [0.25, 0.3) is 0 Å². The highest BCUT2D eigenvalue weighted by Crippen LogP contribution is 2.24. The van der Waals surface area contributed by atoms with Crippen LogP contribution in [0.2, 0.25) is 0 Å². The first-order valence-electron chi connectivity index (χ1n) is 10.4. The van der Waals surface area contributed by atoms with E-state index in [-0.39, 0.29) is 0 Å². The van der Waals surface area contributed by atoms with Crippen LogP contribution in [0.25, 0.3) is 0 Å². The lowest BCUT2D eigenvalue weighted by molar-refractivity contribution is -0.137. The zero-order valence-corrected chi connectivity index (χ0v) is 16.0. The number of hydrogen-bond donors (Lipinski definition) is 1. The normalized spacial score (nSPS) is 12.4. The van der Waals surface area contributed by atoms with Crippen LogP contribution >= 0.6 is 0 Å². The van der Waals surface area contributed by atoms with Crippen molar-refractivity contribution in [3.8, 4) is 0 Å². The molecule has 2 nitrogen and oxygen atoms in total. The second-order valence-corrected chi connectivity index (χ2v) is 7.26. The maximum Gasteiger partial charge on any atom is 0.303 e. The number of rotatable bonds is 18. The molecule has 23 heavy (non-hydrogen) atoms. The molecule has 1 unspecified atom stereocenters. The molecule has 1 atom stereocenters. The number of carboxylic acid groups (broad SMARTS) is 1. The SMILES string of the molecule is CCCCCCCCC(CCCCCC)CCCCCC(=O)O. The molecule has 0 rings (SSSR count). The van der Waals surface area contributed by atoms with Gasteiger partial charge in [0.2, 0.25) is 0 Å². The van der Waals surface area contributed by atoms with Gasteiger partial charge in [-0.3, -0.25) is 4.79 Å². The van der Waals surface area contributed by atoms with Crippen molar-refractivity contribution in [2.24, 2.45) is 5.92 Å². The molecule has 0 heterocycles. The van der Waals surface area contributed by atoms with Gasteiger partial charge in [0, 0.05) is 6.42 Å². The summed E-state index contributed by atoms with van der Waals surface area (Å²) < 4.78 is 0. The highest BCUT2D eigenvalue weighted by atomic mass is 16.4. The van der Waals surface area contributed by atoms with Gasteiger partial charge in [0.15, 0.2) is 0 Å². The van der Waals surface area contributed by atoms with Crippen LogP contribution in [0.1, 0.15) is 123 Å². The summed E-state index contributed by atoms with van der Waals surface area (Å²) in [5, 5.41) is 8.69. The highest BCUT2D eigenvalue weighted by molar-refractivity contribution is 5.66. The molecule has 0 spiro atoms. The summed E-state index contributed by atoms with van der Waals surface area (Å²) in [5.41, 5.74) is 0. The Morgan fingerprint density at radius 2 is 1.04 bits per heavy atom. The fourth-order valence-corrected chi connectivity index (χ4v) is 3.39. The van der Waals surface area contributed by atoms with Crippen molar-refractivity contribution < 1.29 is 9.90 Å². The number of unbranched alkanes of at least 4 members (excludes halogenated alkanes) is 10. The van der Waals surface area contributed by atoms with Gasteiger partial charge < -0.3 is 5.11 Å². The van der Waals surface area contributed by atoms with Crippen LogP contribution in [-0.4, -0.2) is 11.1 Å². The maximum atomic E-state index is 10.5. The van der Waals surface area contributed by atoms with Gasteiger partial charge in [0.1, 0.15) is 0 Å². The van der Waals surface area contributed by atoms with Crippen molar-refractivity contribution in [3.05, 3.63) is 0 Å². The molecule has 0 aromatic rings. The van der Waals surface area contributed by atoms with E-state index in [0.29, 0.717) is 6.42 Å². The average Bonchev–Trinajstić information content (AvgIpc) is 2.53. The van der Waals surface area contributed by atoms with Crippen LogP contribution in [0.5, 0.6) is 0 Å². The molecule has 0 fully saturated rings. The fourth-order valence-electron chi connectivity index (χ4n) is 3.39. The van der Waals surface area contributed by atoms with Gasteiger partial charge in [-0.05, 0) is 12.3 Å². The highest BCUT2D eigenvalue weighted by Gasteiger charge is 2.09. The second kappa shape index (κ2) is 17.8. The van der Waals surface area contributed by atoms with E-state index in [1.807, 2.05) is 0 Å². The molecular weight excluding hydrogens is 284 g/mol. The lowest BCUT2D eigenvalue weighted by Crippen LogP contribution is -2.02. The minimum Gasteiger partial charge on any atom is -0.481 e. The topological polar surface area (TPSA) is 37.3 Å². The van der Waals surface area contributed by atoms with E-state index in [4.69, 9.17) is 5.11 Å². The second-order valence-electron chi connectivity index (χ2n) is 7.26. The van der Waals surface area contributed by atoms with Gasteiger partial charge in [-0.1, -0.05) is 110 Å². The summed E-state index contributed by atoms with van der Waals surface area (Å²) in [6, 6.07) is 0. The van der Waals surface area contributed by atoms with Crippen LogP contribution < -0.4 is 0 Å². The maximum absolute atomic E-state index is 10.5. The molecule has 0 bridgehead atoms. The van der Waals surface area contributed by atoms with Gasteiger partial charge >= 0.3 is 5.97 Å². The Bertz CT molecular complexity index is 250. The van der Waals surface area contributed by atoms with Gasteiger partial charge in [-0.15, -0.1) is 0 Å². The Kier molecular flexibility index (Phi) is 17.4. The molecule has 138 valence electrons. The van der Waals surface area contributed by atoms with Crippen LogP contribution in [0.4, 0.5) is 0 Å². The van der Waals surface area contributed by atoms with Crippen molar-refractivity contribution in [3.63, 3.8) is 0 Å². The van der Waals surface area contributed by atoms with E-state index < -0.39 is 5.97 Å². The van der Waals surface area contributed by atoms with Crippen molar-refractivity contribution in [2.45, 2.75) is 123 Å². The first-order chi connectivity index (χ1) is 11.2. The Morgan fingerprint density at radius 1 is 0.652 bits per heavy atom. The molecular formula is C21H42O2. The van der Waals surface area contributed by atoms with Crippen molar-refractivity contribution in [1.82, 2.24) is 0 Å². The molecule has 0 amide bonds. The summed E-state index contributed by atoms with van der Waals surface area (Å²) in [5.74, 6) is 0.246. The van der Waals surface area contributed by atoms with Crippen LogP contribution in [0.3, 0.4) is 0 Å². The van der Waals surface area contributed by atoms with Crippen LogP contribution in [0, 0.1) is 5.92 Å². The smallest absolute Gasteiger partial charge is 0.303 e. The molecule has 0 aliphatic heterocycles. The average molecular weight is 327 g/mol. The summed E-state index contributed by atoms with van der Waals surface area (Å²) >= 11 is 0. The zero-order chi connectivity index (χ0) is 17.2. The third kappa shape index (κ3) is 17.7. The van der Waals surface area contributed by atoms with Crippen LogP contribution in [0.15, 0.2) is 0 Å². The lowest BCUT2D eigenvalue weighted by atomic mass is 9.89. The van der Waals surface area contributed by atoms with Gasteiger partial charge in [0.05, 0.1) is 0 Å². The summed E-state index contributed by atoms with van der Waals surface area (Å²) in [6.45, 7) is 4.55. The standard InChI is InChI=1S/C21H42O2/c1-3-5-7-9-10-13-17-20(16-12-8-6-4-2)18-14-11-15-19-21(22)23/h20H,3-19H2,1-2H3,(H,22,23). The predicted molar refractivity (Wildman–Crippen MR) is 101 cm³/mol. The Balaban J connectivity index is 3.77. The fraction of sp³-hybridized carbons (Fsp3) is 0.952. The quantitative estimate of drug-likeness (QED) is 0.267. The van der Waals surface area contributed by atoms with Crippen molar-refractivity contribution in [1.29, 1.82) is 0 Å².